The van der Waals surface area contributed by atoms with Crippen LogP contribution in [0.1, 0.15) is 5.56 Å². The topological polar surface area (TPSA) is 67.6 Å². The van der Waals surface area contributed by atoms with Gasteiger partial charge >= 0.3 is 0 Å². The minimum atomic E-state index is 0.0403. The van der Waals surface area contributed by atoms with Crippen LogP contribution in [0.5, 0.6) is 0 Å². The maximum Gasteiger partial charge on any atom is 0.228 e. The van der Waals surface area contributed by atoms with Gasteiger partial charge in [0.1, 0.15) is 0 Å². The molecule has 0 atom stereocenters. The van der Waals surface area contributed by atoms with Crippen molar-refractivity contribution in [2.45, 2.75) is 6.42 Å². The summed E-state index contributed by atoms with van der Waals surface area (Å²) in [5, 5.41) is 2.85. The zero-order chi connectivity index (χ0) is 11.8. The third kappa shape index (κ3) is 1.82. The number of hydrogen-bond acceptors (Lipinski definition) is 4. The Hall–Kier alpha value is -1.75. The molecule has 5 nitrogen and oxygen atoms in total. The van der Waals surface area contributed by atoms with Gasteiger partial charge in [0.15, 0.2) is 0 Å². The van der Waals surface area contributed by atoms with Crippen LogP contribution in [0.25, 0.3) is 0 Å². The van der Waals surface area contributed by atoms with Crippen LogP contribution < -0.4 is 16.0 Å². The van der Waals surface area contributed by atoms with Gasteiger partial charge in [-0.2, -0.15) is 0 Å². The van der Waals surface area contributed by atoms with Crippen LogP contribution in [-0.2, 0) is 16.0 Å². The van der Waals surface area contributed by atoms with E-state index in [2.05, 4.69) is 10.2 Å². The van der Waals surface area contributed by atoms with Crippen LogP contribution in [0.2, 0.25) is 0 Å². The summed E-state index contributed by atoms with van der Waals surface area (Å²) >= 11 is 0. The lowest BCUT2D eigenvalue weighted by atomic mass is 10.1. The van der Waals surface area contributed by atoms with Crippen LogP contribution >= 0.6 is 0 Å². The summed E-state index contributed by atoms with van der Waals surface area (Å²) in [6.07, 6.45) is 0.433. The molecule has 1 amide bonds. The highest BCUT2D eigenvalue weighted by Crippen LogP contribution is 2.33. The smallest absolute Gasteiger partial charge is 0.228 e. The number of amides is 1. The number of morpholine rings is 1. The highest BCUT2D eigenvalue weighted by atomic mass is 16.5. The maximum absolute atomic E-state index is 11.3. The summed E-state index contributed by atoms with van der Waals surface area (Å²) in [4.78, 5) is 13.5. The number of hydrogen-bond donors (Lipinski definition) is 2. The largest absolute Gasteiger partial charge is 0.397 e. The highest BCUT2D eigenvalue weighted by molar-refractivity contribution is 6.00. The number of nitrogens with one attached hydrogen (secondary N) is 1. The summed E-state index contributed by atoms with van der Waals surface area (Å²) in [7, 11) is 0. The standard InChI is InChI=1S/C12H15N3O2/c13-9-5-8-6-12(16)14-10(8)7-11(9)15-1-3-17-4-2-15/h5,7H,1-4,6,13H2,(H,14,16). The number of nitrogen functional groups attached to an aromatic ring is 1. The normalized spacial score (nSPS) is 19.1. The van der Waals surface area contributed by atoms with E-state index in [1.165, 1.54) is 0 Å². The fraction of sp³-hybridized carbons (Fsp3) is 0.417. The molecule has 0 aromatic heterocycles. The molecule has 90 valence electrons. The van der Waals surface area contributed by atoms with Gasteiger partial charge in [0.2, 0.25) is 5.91 Å². The van der Waals surface area contributed by atoms with E-state index in [1.807, 2.05) is 12.1 Å². The average molecular weight is 233 g/mol. The molecule has 1 aromatic rings. The fourth-order valence-electron chi connectivity index (χ4n) is 2.36. The van der Waals surface area contributed by atoms with E-state index in [0.717, 1.165) is 48.9 Å². The highest BCUT2D eigenvalue weighted by Gasteiger charge is 2.22. The Morgan fingerprint density at radius 2 is 2.06 bits per heavy atom. The monoisotopic (exact) mass is 233 g/mol. The molecule has 0 aliphatic carbocycles. The Kier molecular flexibility index (Phi) is 2.40. The molecule has 0 radical (unpaired) electrons. The lowest BCUT2D eigenvalue weighted by Crippen LogP contribution is -2.36. The van der Waals surface area contributed by atoms with Crippen molar-refractivity contribution in [2.24, 2.45) is 0 Å². The number of carbonyl (C=O) groups is 1. The van der Waals surface area contributed by atoms with E-state index in [4.69, 9.17) is 10.5 Å². The second-order valence-corrected chi connectivity index (χ2v) is 4.39. The van der Waals surface area contributed by atoms with Crippen LogP contribution in [0, 0.1) is 0 Å². The van der Waals surface area contributed by atoms with Crippen molar-refractivity contribution >= 4 is 23.0 Å². The zero-order valence-electron chi connectivity index (χ0n) is 9.53. The molecular weight excluding hydrogens is 218 g/mol. The first-order chi connectivity index (χ1) is 8.24. The number of ether oxygens (including phenoxy) is 1. The molecule has 17 heavy (non-hydrogen) atoms. The van der Waals surface area contributed by atoms with Crippen molar-refractivity contribution in [3.63, 3.8) is 0 Å². The van der Waals surface area contributed by atoms with E-state index < -0.39 is 0 Å². The van der Waals surface area contributed by atoms with E-state index >= 15 is 0 Å². The van der Waals surface area contributed by atoms with E-state index in [9.17, 15) is 4.79 Å². The number of rotatable bonds is 1. The van der Waals surface area contributed by atoms with Gasteiger partial charge in [-0.25, -0.2) is 0 Å². The van der Waals surface area contributed by atoms with Crippen LogP contribution in [-0.4, -0.2) is 32.2 Å². The molecule has 1 aromatic carbocycles. The molecule has 0 bridgehead atoms. The molecule has 1 fully saturated rings. The average Bonchev–Trinajstić information content (AvgIpc) is 2.68. The molecule has 0 unspecified atom stereocenters. The number of carbonyl (C=O) groups excluding carboxylic acids is 1. The molecule has 3 N–H and O–H groups in total. The van der Waals surface area contributed by atoms with Crippen molar-refractivity contribution < 1.29 is 9.53 Å². The van der Waals surface area contributed by atoms with Crippen molar-refractivity contribution in [3.8, 4) is 0 Å². The molecule has 0 spiro atoms. The third-order valence-corrected chi connectivity index (χ3v) is 3.23. The number of nitrogens with zero attached hydrogens (tertiary/aromatic N) is 1. The van der Waals surface area contributed by atoms with Crippen LogP contribution in [0.3, 0.4) is 0 Å². The molecule has 0 saturated carbocycles. The molecule has 1 saturated heterocycles. The Labute approximate surface area is 99.5 Å². The summed E-state index contributed by atoms with van der Waals surface area (Å²) < 4.78 is 5.32. The minimum absolute atomic E-state index is 0.0403. The Morgan fingerprint density at radius 1 is 1.29 bits per heavy atom. The summed E-state index contributed by atoms with van der Waals surface area (Å²) in [6.45, 7) is 3.14. The van der Waals surface area contributed by atoms with Crippen molar-refractivity contribution in [1.82, 2.24) is 0 Å². The van der Waals surface area contributed by atoms with Gasteiger partial charge in [0, 0.05) is 18.8 Å². The maximum atomic E-state index is 11.3. The van der Waals surface area contributed by atoms with Crippen LogP contribution in [0.4, 0.5) is 17.1 Å². The van der Waals surface area contributed by atoms with Gasteiger partial charge in [-0.15, -0.1) is 0 Å². The van der Waals surface area contributed by atoms with Crippen molar-refractivity contribution in [2.75, 3.05) is 42.3 Å². The summed E-state index contributed by atoms with van der Waals surface area (Å²) in [5.41, 5.74) is 9.67. The number of benzene rings is 1. The first-order valence-electron chi connectivity index (χ1n) is 5.79. The second kappa shape index (κ2) is 3.92. The quantitative estimate of drug-likeness (QED) is 0.697. The van der Waals surface area contributed by atoms with E-state index in [1.54, 1.807) is 0 Å². The zero-order valence-corrected chi connectivity index (χ0v) is 9.53. The van der Waals surface area contributed by atoms with Gasteiger partial charge in [-0.1, -0.05) is 0 Å². The van der Waals surface area contributed by atoms with Gasteiger partial charge in [-0.05, 0) is 17.7 Å². The van der Waals surface area contributed by atoms with E-state index in [-0.39, 0.29) is 5.91 Å². The lowest BCUT2D eigenvalue weighted by molar-refractivity contribution is -0.115. The predicted molar refractivity (Wildman–Crippen MR) is 66.2 cm³/mol. The molecule has 2 aliphatic rings. The first-order valence-corrected chi connectivity index (χ1v) is 5.79. The first kappa shape index (κ1) is 10.4. The lowest BCUT2D eigenvalue weighted by Gasteiger charge is -2.30. The van der Waals surface area contributed by atoms with Gasteiger partial charge in [0.25, 0.3) is 0 Å². The minimum Gasteiger partial charge on any atom is -0.397 e. The van der Waals surface area contributed by atoms with Gasteiger partial charge in [-0.3, -0.25) is 4.79 Å². The molecular formula is C12H15N3O2. The number of nitrogens with two attached hydrogens (primary N) is 1. The Morgan fingerprint density at radius 3 is 2.82 bits per heavy atom. The number of fused-ring (bicyclic) bond motifs is 1. The fourth-order valence-corrected chi connectivity index (χ4v) is 2.36. The Balaban J connectivity index is 1.95. The SMILES string of the molecule is Nc1cc2c(cc1N1CCOCC1)NC(=O)C2. The summed E-state index contributed by atoms with van der Waals surface area (Å²) in [5.74, 6) is 0.0403. The predicted octanol–water partition coefficient (Wildman–Crippen LogP) is 0.600. The number of anilines is 3. The molecule has 2 aliphatic heterocycles. The molecule has 2 heterocycles. The Bertz CT molecular complexity index is 467. The van der Waals surface area contributed by atoms with Gasteiger partial charge < -0.3 is 20.7 Å². The molecule has 5 heteroatoms. The third-order valence-electron chi connectivity index (χ3n) is 3.23. The molecule has 3 rings (SSSR count). The summed E-state index contributed by atoms with van der Waals surface area (Å²) in [6, 6.07) is 3.87. The van der Waals surface area contributed by atoms with Gasteiger partial charge in [0.05, 0.1) is 31.0 Å². The van der Waals surface area contributed by atoms with E-state index in [0.29, 0.717) is 6.42 Å². The van der Waals surface area contributed by atoms with Crippen molar-refractivity contribution in [1.29, 1.82) is 0 Å². The second-order valence-electron chi connectivity index (χ2n) is 4.39. The van der Waals surface area contributed by atoms with Crippen LogP contribution in [0.15, 0.2) is 12.1 Å². The van der Waals surface area contributed by atoms with Crippen molar-refractivity contribution in [3.05, 3.63) is 17.7 Å².